The molecule has 0 radical (unpaired) electrons. The van der Waals surface area contributed by atoms with Crippen molar-refractivity contribution >= 4 is 5.91 Å². The van der Waals surface area contributed by atoms with E-state index in [-0.39, 0.29) is 11.9 Å². The molecule has 1 aromatic heterocycles. The van der Waals surface area contributed by atoms with Crippen LogP contribution in [0.5, 0.6) is 0 Å². The van der Waals surface area contributed by atoms with Gasteiger partial charge in [0.25, 0.3) is 5.91 Å². The Labute approximate surface area is 153 Å². The highest BCUT2D eigenvalue weighted by molar-refractivity contribution is 6.00. The van der Waals surface area contributed by atoms with Crippen LogP contribution in [-0.4, -0.2) is 15.8 Å². The molecule has 3 heteroatoms. The van der Waals surface area contributed by atoms with E-state index in [4.69, 9.17) is 4.98 Å². The Morgan fingerprint density at radius 3 is 2.62 bits per heavy atom. The van der Waals surface area contributed by atoms with E-state index in [1.807, 2.05) is 36.5 Å². The molecule has 0 N–H and O–H groups in total. The zero-order valence-corrected chi connectivity index (χ0v) is 14.7. The molecule has 0 unspecified atom stereocenters. The molecule has 128 valence electrons. The Kier molecular flexibility index (Phi) is 3.26. The molecule has 5 rings (SSSR count). The summed E-state index contributed by atoms with van der Waals surface area (Å²) in [6, 6.07) is 22.5. The molecule has 3 aromatic rings. The Morgan fingerprint density at radius 2 is 1.77 bits per heavy atom. The number of benzene rings is 2. The lowest BCUT2D eigenvalue weighted by Gasteiger charge is -2.40. The fourth-order valence-electron chi connectivity index (χ4n) is 4.80. The first kappa shape index (κ1) is 15.3. The second-order valence-electron chi connectivity index (χ2n) is 7.18. The molecule has 0 saturated carbocycles. The molecule has 0 saturated heterocycles. The van der Waals surface area contributed by atoms with Crippen LogP contribution in [0.15, 0.2) is 72.9 Å². The van der Waals surface area contributed by atoms with Crippen LogP contribution in [-0.2, 0) is 12.0 Å². The number of hydrogen-bond acceptors (Lipinski definition) is 2. The fraction of sp³-hybridized carbons (Fsp3) is 0.217. The largest absolute Gasteiger partial charge is 0.316 e. The van der Waals surface area contributed by atoms with Crippen molar-refractivity contribution in [3.63, 3.8) is 0 Å². The molecule has 1 aliphatic heterocycles. The molecule has 0 bridgehead atoms. The predicted octanol–water partition coefficient (Wildman–Crippen LogP) is 4.49. The van der Waals surface area contributed by atoms with Gasteiger partial charge in [-0.05, 0) is 48.6 Å². The SMILES string of the molecule is C[C@@H](c1ccccc1)N1C(=O)c2cccnc2[C@@]12CCc1ccccc12. The maximum absolute atomic E-state index is 13.5. The Balaban J connectivity index is 1.76. The van der Waals surface area contributed by atoms with Gasteiger partial charge in [0, 0.05) is 6.20 Å². The minimum atomic E-state index is -0.459. The van der Waals surface area contributed by atoms with Crippen LogP contribution < -0.4 is 0 Å². The van der Waals surface area contributed by atoms with Gasteiger partial charge < -0.3 is 4.90 Å². The van der Waals surface area contributed by atoms with Gasteiger partial charge in [0.2, 0.25) is 0 Å². The maximum atomic E-state index is 13.5. The van der Waals surface area contributed by atoms with Crippen molar-refractivity contribution in [2.75, 3.05) is 0 Å². The molecule has 1 spiro atoms. The first-order chi connectivity index (χ1) is 12.7. The molecule has 1 amide bonds. The summed E-state index contributed by atoms with van der Waals surface area (Å²) in [5.74, 6) is 0.0844. The minimum Gasteiger partial charge on any atom is -0.316 e. The first-order valence-electron chi connectivity index (χ1n) is 9.16. The van der Waals surface area contributed by atoms with E-state index in [2.05, 4.69) is 48.2 Å². The zero-order valence-electron chi connectivity index (χ0n) is 14.7. The quantitative estimate of drug-likeness (QED) is 0.689. The molecule has 26 heavy (non-hydrogen) atoms. The molecule has 1 aliphatic carbocycles. The minimum absolute atomic E-state index is 0.0240. The summed E-state index contributed by atoms with van der Waals surface area (Å²) >= 11 is 0. The van der Waals surface area contributed by atoms with Gasteiger partial charge in [0.05, 0.1) is 17.3 Å². The highest BCUT2D eigenvalue weighted by Crippen LogP contribution is 2.53. The van der Waals surface area contributed by atoms with E-state index < -0.39 is 5.54 Å². The average Bonchev–Trinajstić information content (AvgIpc) is 3.20. The van der Waals surface area contributed by atoms with Gasteiger partial charge in [-0.2, -0.15) is 0 Å². The van der Waals surface area contributed by atoms with E-state index in [1.165, 1.54) is 11.1 Å². The van der Waals surface area contributed by atoms with Crippen molar-refractivity contribution in [1.82, 2.24) is 9.88 Å². The summed E-state index contributed by atoms with van der Waals surface area (Å²) in [5, 5.41) is 0. The van der Waals surface area contributed by atoms with Crippen molar-refractivity contribution in [3.8, 4) is 0 Å². The van der Waals surface area contributed by atoms with Gasteiger partial charge >= 0.3 is 0 Å². The van der Waals surface area contributed by atoms with Gasteiger partial charge in [-0.1, -0.05) is 54.6 Å². The number of amides is 1. The number of carbonyl (C=O) groups excluding carboxylic acids is 1. The summed E-state index contributed by atoms with van der Waals surface area (Å²) in [5.41, 5.74) is 4.90. The monoisotopic (exact) mass is 340 g/mol. The van der Waals surface area contributed by atoms with Gasteiger partial charge in [0.1, 0.15) is 5.54 Å². The van der Waals surface area contributed by atoms with E-state index in [0.717, 1.165) is 29.7 Å². The summed E-state index contributed by atoms with van der Waals surface area (Å²) in [6.07, 6.45) is 3.67. The van der Waals surface area contributed by atoms with Crippen LogP contribution in [0.4, 0.5) is 0 Å². The van der Waals surface area contributed by atoms with E-state index in [0.29, 0.717) is 0 Å². The lowest BCUT2D eigenvalue weighted by atomic mass is 9.86. The number of hydrogen-bond donors (Lipinski definition) is 0. The zero-order chi connectivity index (χ0) is 17.7. The predicted molar refractivity (Wildman–Crippen MR) is 101 cm³/mol. The third kappa shape index (κ3) is 1.88. The highest BCUT2D eigenvalue weighted by Gasteiger charge is 2.56. The number of aromatic nitrogens is 1. The van der Waals surface area contributed by atoms with Crippen molar-refractivity contribution in [2.24, 2.45) is 0 Å². The number of rotatable bonds is 2. The lowest BCUT2D eigenvalue weighted by Crippen LogP contribution is -2.45. The fourth-order valence-corrected chi connectivity index (χ4v) is 4.80. The van der Waals surface area contributed by atoms with Crippen molar-refractivity contribution in [1.29, 1.82) is 0 Å². The molecular formula is C23H20N2O. The maximum Gasteiger partial charge on any atom is 0.257 e. The van der Waals surface area contributed by atoms with E-state index >= 15 is 0 Å². The molecule has 2 heterocycles. The molecule has 2 aromatic carbocycles. The van der Waals surface area contributed by atoms with E-state index in [1.54, 1.807) is 0 Å². The smallest absolute Gasteiger partial charge is 0.257 e. The van der Waals surface area contributed by atoms with Gasteiger partial charge in [0.15, 0.2) is 0 Å². The number of carbonyl (C=O) groups is 1. The molecular weight excluding hydrogens is 320 g/mol. The third-order valence-electron chi connectivity index (χ3n) is 5.95. The van der Waals surface area contributed by atoms with Crippen molar-refractivity contribution in [3.05, 3.63) is 101 Å². The van der Waals surface area contributed by atoms with E-state index in [9.17, 15) is 4.79 Å². The van der Waals surface area contributed by atoms with Crippen LogP contribution in [0.25, 0.3) is 0 Å². The first-order valence-corrected chi connectivity index (χ1v) is 9.16. The van der Waals surface area contributed by atoms with Gasteiger partial charge in [-0.15, -0.1) is 0 Å². The van der Waals surface area contributed by atoms with Crippen LogP contribution in [0.3, 0.4) is 0 Å². The van der Waals surface area contributed by atoms with Gasteiger partial charge in [-0.3, -0.25) is 9.78 Å². The van der Waals surface area contributed by atoms with Crippen molar-refractivity contribution < 1.29 is 4.79 Å². The summed E-state index contributed by atoms with van der Waals surface area (Å²) in [6.45, 7) is 2.13. The third-order valence-corrected chi connectivity index (χ3v) is 5.95. The Bertz CT molecular complexity index is 998. The lowest BCUT2D eigenvalue weighted by molar-refractivity contribution is 0.0500. The molecule has 2 aliphatic rings. The number of nitrogens with zero attached hydrogens (tertiary/aromatic N) is 2. The molecule has 2 atom stereocenters. The molecule has 0 fully saturated rings. The van der Waals surface area contributed by atoms with Crippen LogP contribution in [0.2, 0.25) is 0 Å². The van der Waals surface area contributed by atoms with Gasteiger partial charge in [-0.25, -0.2) is 0 Å². The summed E-state index contributed by atoms with van der Waals surface area (Å²) < 4.78 is 0. The highest BCUT2D eigenvalue weighted by atomic mass is 16.2. The topological polar surface area (TPSA) is 33.2 Å². The summed E-state index contributed by atoms with van der Waals surface area (Å²) in [4.78, 5) is 20.3. The number of pyridine rings is 1. The van der Waals surface area contributed by atoms with Crippen LogP contribution in [0.1, 0.15) is 52.1 Å². The summed E-state index contributed by atoms with van der Waals surface area (Å²) in [7, 11) is 0. The normalized spacial score (nSPS) is 21.7. The van der Waals surface area contributed by atoms with Crippen LogP contribution in [0, 0.1) is 0 Å². The van der Waals surface area contributed by atoms with Crippen LogP contribution >= 0.6 is 0 Å². The second kappa shape index (κ2) is 5.53. The molecule has 3 nitrogen and oxygen atoms in total. The average molecular weight is 340 g/mol. The number of fused-ring (bicyclic) bond motifs is 4. The Morgan fingerprint density at radius 1 is 1.00 bits per heavy atom. The number of aryl methyl sites for hydroxylation is 1. The standard InChI is InChI=1S/C23H20N2O/c1-16(17-8-3-2-4-9-17)25-22(26)19-11-7-15-24-21(19)23(25)14-13-18-10-5-6-12-20(18)23/h2-12,15-16H,13-14H2,1H3/t16-,23-/m0/s1. The second-order valence-corrected chi connectivity index (χ2v) is 7.18. The Hall–Kier alpha value is -2.94. The van der Waals surface area contributed by atoms with Crippen molar-refractivity contribution in [2.45, 2.75) is 31.3 Å².